The van der Waals surface area contributed by atoms with Gasteiger partial charge >= 0.3 is 12.3 Å². The predicted molar refractivity (Wildman–Crippen MR) is 70.4 cm³/mol. The number of hydrogen-bond acceptors (Lipinski definition) is 3. The molecule has 0 radical (unpaired) electrons. The zero-order chi connectivity index (χ0) is 15.7. The lowest BCUT2D eigenvalue weighted by molar-refractivity contribution is -0.137. The standard InChI is InChI=1S/C14H17F3N2O2/c1-13(6-7-18)9-19(12(20)21-13)8-10-2-4-11(5-3-10)14(15,16)17/h2-5H,6-9,18H2,1H3. The van der Waals surface area contributed by atoms with Crippen molar-refractivity contribution in [2.24, 2.45) is 5.73 Å². The van der Waals surface area contributed by atoms with Crippen molar-refractivity contribution in [2.45, 2.75) is 31.7 Å². The van der Waals surface area contributed by atoms with Gasteiger partial charge in [-0.2, -0.15) is 13.2 Å². The minimum Gasteiger partial charge on any atom is -0.441 e. The second-order valence-corrected chi connectivity index (χ2v) is 5.41. The van der Waals surface area contributed by atoms with Crippen LogP contribution in [0.25, 0.3) is 0 Å². The predicted octanol–water partition coefficient (Wildman–Crippen LogP) is 2.77. The number of halogens is 3. The number of carbonyl (C=O) groups excluding carboxylic acids is 1. The van der Waals surface area contributed by atoms with Crippen LogP contribution in [0, 0.1) is 0 Å². The van der Waals surface area contributed by atoms with Gasteiger partial charge in [0.15, 0.2) is 0 Å². The van der Waals surface area contributed by atoms with E-state index in [1.54, 1.807) is 6.92 Å². The molecule has 1 aromatic rings. The molecule has 4 nitrogen and oxygen atoms in total. The van der Waals surface area contributed by atoms with E-state index in [1.165, 1.54) is 17.0 Å². The molecular weight excluding hydrogens is 285 g/mol. The molecule has 0 spiro atoms. The summed E-state index contributed by atoms with van der Waals surface area (Å²) in [7, 11) is 0. The lowest BCUT2D eigenvalue weighted by atomic mass is 10.0. The topological polar surface area (TPSA) is 55.6 Å². The van der Waals surface area contributed by atoms with Crippen LogP contribution in [-0.2, 0) is 17.5 Å². The summed E-state index contributed by atoms with van der Waals surface area (Å²) in [5.74, 6) is 0. The number of amides is 1. The Balaban J connectivity index is 2.04. The Labute approximate surface area is 120 Å². The Kier molecular flexibility index (Phi) is 4.13. The van der Waals surface area contributed by atoms with E-state index in [1.807, 2.05) is 0 Å². The zero-order valence-corrected chi connectivity index (χ0v) is 11.6. The highest BCUT2D eigenvalue weighted by Crippen LogP contribution is 2.30. The van der Waals surface area contributed by atoms with E-state index in [2.05, 4.69) is 0 Å². The number of carbonyl (C=O) groups is 1. The summed E-state index contributed by atoms with van der Waals surface area (Å²) in [6.45, 7) is 2.80. The van der Waals surface area contributed by atoms with Crippen molar-refractivity contribution in [3.63, 3.8) is 0 Å². The molecule has 1 aliphatic heterocycles. The minimum absolute atomic E-state index is 0.219. The lowest BCUT2D eigenvalue weighted by Gasteiger charge is -2.20. The van der Waals surface area contributed by atoms with Crippen LogP contribution in [0.3, 0.4) is 0 Å². The van der Waals surface area contributed by atoms with Gasteiger partial charge in [0.05, 0.1) is 12.1 Å². The van der Waals surface area contributed by atoms with Gasteiger partial charge in [0.1, 0.15) is 5.60 Å². The lowest BCUT2D eigenvalue weighted by Crippen LogP contribution is -2.33. The Morgan fingerprint density at radius 1 is 1.33 bits per heavy atom. The zero-order valence-electron chi connectivity index (χ0n) is 11.6. The molecule has 1 aliphatic rings. The van der Waals surface area contributed by atoms with Gasteiger partial charge in [0.25, 0.3) is 0 Å². The summed E-state index contributed by atoms with van der Waals surface area (Å²) < 4.78 is 42.7. The highest BCUT2D eigenvalue weighted by atomic mass is 19.4. The number of hydrogen-bond donors (Lipinski definition) is 1. The first-order valence-corrected chi connectivity index (χ1v) is 6.58. The molecule has 1 heterocycles. The van der Waals surface area contributed by atoms with Crippen LogP contribution in [0.2, 0.25) is 0 Å². The van der Waals surface area contributed by atoms with Gasteiger partial charge in [-0.15, -0.1) is 0 Å². The van der Waals surface area contributed by atoms with Crippen molar-refractivity contribution in [1.29, 1.82) is 0 Å². The monoisotopic (exact) mass is 302 g/mol. The molecule has 0 aliphatic carbocycles. The Hall–Kier alpha value is -1.76. The van der Waals surface area contributed by atoms with Gasteiger partial charge in [-0.3, -0.25) is 4.90 Å². The molecule has 7 heteroatoms. The van der Waals surface area contributed by atoms with Crippen molar-refractivity contribution in [2.75, 3.05) is 13.1 Å². The second-order valence-electron chi connectivity index (χ2n) is 5.41. The Morgan fingerprint density at radius 3 is 2.48 bits per heavy atom. The SMILES string of the molecule is CC1(CCN)CN(Cc2ccc(C(F)(F)F)cc2)C(=O)O1. The minimum atomic E-state index is -4.36. The molecule has 21 heavy (non-hydrogen) atoms. The van der Waals surface area contributed by atoms with Crippen molar-refractivity contribution < 1.29 is 22.7 Å². The quantitative estimate of drug-likeness (QED) is 0.930. The molecule has 0 saturated carbocycles. The van der Waals surface area contributed by atoms with Crippen molar-refractivity contribution in [3.8, 4) is 0 Å². The highest BCUT2D eigenvalue weighted by Gasteiger charge is 2.40. The molecule has 2 rings (SSSR count). The van der Waals surface area contributed by atoms with Crippen LogP contribution in [0.4, 0.5) is 18.0 Å². The molecule has 0 aromatic heterocycles. The third-order valence-corrected chi connectivity index (χ3v) is 3.45. The molecule has 1 unspecified atom stereocenters. The Bertz CT molecular complexity index is 516. The van der Waals surface area contributed by atoms with Crippen LogP contribution in [-0.4, -0.2) is 29.7 Å². The number of benzene rings is 1. The van der Waals surface area contributed by atoms with Gasteiger partial charge in [0, 0.05) is 13.0 Å². The average molecular weight is 302 g/mol. The van der Waals surface area contributed by atoms with Crippen LogP contribution in [0.1, 0.15) is 24.5 Å². The van der Waals surface area contributed by atoms with Crippen LogP contribution < -0.4 is 5.73 Å². The van der Waals surface area contributed by atoms with Crippen LogP contribution in [0.15, 0.2) is 24.3 Å². The van der Waals surface area contributed by atoms with E-state index in [9.17, 15) is 18.0 Å². The van der Waals surface area contributed by atoms with Gasteiger partial charge < -0.3 is 10.5 Å². The maximum atomic E-state index is 12.5. The fourth-order valence-corrected chi connectivity index (χ4v) is 2.35. The number of ether oxygens (including phenoxy) is 1. The third-order valence-electron chi connectivity index (χ3n) is 3.45. The normalized spacial score (nSPS) is 22.5. The van der Waals surface area contributed by atoms with Crippen LogP contribution >= 0.6 is 0 Å². The third kappa shape index (κ3) is 3.66. The maximum Gasteiger partial charge on any atom is 0.416 e. The Morgan fingerprint density at radius 2 is 1.95 bits per heavy atom. The van der Waals surface area contributed by atoms with Gasteiger partial charge in [-0.1, -0.05) is 12.1 Å². The molecule has 1 saturated heterocycles. The van der Waals surface area contributed by atoms with Gasteiger partial charge in [0.2, 0.25) is 0 Å². The number of cyclic esters (lactones) is 1. The summed E-state index contributed by atoms with van der Waals surface area (Å²) in [6, 6.07) is 4.76. The van der Waals surface area contributed by atoms with Crippen molar-refractivity contribution in [3.05, 3.63) is 35.4 Å². The largest absolute Gasteiger partial charge is 0.441 e. The molecule has 1 amide bonds. The molecule has 116 valence electrons. The first-order chi connectivity index (χ1) is 9.73. The van der Waals surface area contributed by atoms with E-state index >= 15 is 0 Å². The molecular formula is C14H17F3N2O2. The number of rotatable bonds is 4. The fraction of sp³-hybridized carbons (Fsp3) is 0.500. The summed E-state index contributed by atoms with van der Waals surface area (Å²) in [6.07, 6.45) is -4.28. The molecule has 0 bridgehead atoms. The first-order valence-electron chi connectivity index (χ1n) is 6.58. The molecule has 1 atom stereocenters. The average Bonchev–Trinajstić information content (AvgIpc) is 2.64. The highest BCUT2D eigenvalue weighted by molar-refractivity contribution is 5.70. The van der Waals surface area contributed by atoms with E-state index in [0.717, 1.165) is 12.1 Å². The van der Waals surface area contributed by atoms with E-state index < -0.39 is 23.4 Å². The first kappa shape index (κ1) is 15.6. The molecule has 1 aromatic carbocycles. The second kappa shape index (κ2) is 5.55. The van der Waals surface area contributed by atoms with E-state index in [-0.39, 0.29) is 6.54 Å². The fourth-order valence-electron chi connectivity index (χ4n) is 2.35. The van der Waals surface area contributed by atoms with E-state index in [4.69, 9.17) is 10.5 Å². The molecule has 1 fully saturated rings. The maximum absolute atomic E-state index is 12.5. The smallest absolute Gasteiger partial charge is 0.416 e. The van der Waals surface area contributed by atoms with Crippen molar-refractivity contribution in [1.82, 2.24) is 4.90 Å². The van der Waals surface area contributed by atoms with Gasteiger partial charge in [-0.05, 0) is 31.2 Å². The van der Waals surface area contributed by atoms with Crippen molar-refractivity contribution >= 4 is 6.09 Å². The molecule has 2 N–H and O–H groups in total. The summed E-state index contributed by atoms with van der Waals surface area (Å²) in [5.41, 5.74) is 4.77. The summed E-state index contributed by atoms with van der Waals surface area (Å²) in [5, 5.41) is 0. The number of nitrogens with zero attached hydrogens (tertiary/aromatic N) is 1. The van der Waals surface area contributed by atoms with E-state index in [0.29, 0.717) is 25.1 Å². The van der Waals surface area contributed by atoms with Gasteiger partial charge in [-0.25, -0.2) is 4.79 Å². The number of alkyl halides is 3. The van der Waals surface area contributed by atoms with Crippen LogP contribution in [0.5, 0.6) is 0 Å². The summed E-state index contributed by atoms with van der Waals surface area (Å²) in [4.78, 5) is 13.2. The summed E-state index contributed by atoms with van der Waals surface area (Å²) >= 11 is 0. The number of nitrogens with two attached hydrogens (primary N) is 1.